The number of halogens is 3. The molecule has 3 N–H and O–H groups in total. The summed E-state index contributed by atoms with van der Waals surface area (Å²) in [5, 5.41) is 18.2. The van der Waals surface area contributed by atoms with Crippen molar-refractivity contribution in [2.24, 2.45) is 0 Å². The Morgan fingerprint density at radius 2 is 1.94 bits per heavy atom. The van der Waals surface area contributed by atoms with E-state index in [1.807, 2.05) is 23.9 Å². The molecule has 4 fully saturated rings. The van der Waals surface area contributed by atoms with Gasteiger partial charge < -0.3 is 30.3 Å². The van der Waals surface area contributed by atoms with E-state index in [0.29, 0.717) is 50.3 Å². The van der Waals surface area contributed by atoms with Crippen molar-refractivity contribution in [1.29, 1.82) is 0 Å². The third-order valence-electron chi connectivity index (χ3n) is 11.2. The number of nitrogens with zero attached hydrogens (tertiary/aromatic N) is 6. The lowest BCUT2D eigenvalue weighted by Gasteiger charge is -2.35. The van der Waals surface area contributed by atoms with E-state index in [0.717, 1.165) is 32.2 Å². The van der Waals surface area contributed by atoms with Crippen molar-refractivity contribution >= 4 is 33.3 Å². The van der Waals surface area contributed by atoms with Crippen molar-refractivity contribution in [3.05, 3.63) is 47.2 Å². The number of aromatic nitrogens is 3. The normalized spacial score (nSPS) is 24.0. The van der Waals surface area contributed by atoms with Crippen LogP contribution < -0.4 is 20.3 Å². The smallest absolute Gasteiger partial charge is 0.319 e. The first-order valence-corrected chi connectivity index (χ1v) is 18.3. The fraction of sp³-hybridized carbons (Fsp3) is 0.487. The number of anilines is 1. The van der Waals surface area contributed by atoms with Gasteiger partial charge in [0.1, 0.15) is 47.1 Å². The third kappa shape index (κ3) is 6.54. The number of benzene rings is 2. The summed E-state index contributed by atoms with van der Waals surface area (Å²) in [5.41, 5.74) is -1.25. The van der Waals surface area contributed by atoms with Crippen LogP contribution in [0.2, 0.25) is 0 Å². The molecule has 2 bridgehead atoms. The van der Waals surface area contributed by atoms with Crippen molar-refractivity contribution in [2.75, 3.05) is 71.4 Å². The van der Waals surface area contributed by atoms with Crippen molar-refractivity contribution in [3.8, 4) is 35.4 Å². The summed E-state index contributed by atoms with van der Waals surface area (Å²) in [6.45, 7) is 3.42. The van der Waals surface area contributed by atoms with Crippen LogP contribution in [-0.4, -0.2) is 126 Å². The first-order chi connectivity index (χ1) is 25.5. The number of rotatable bonds is 11. The van der Waals surface area contributed by atoms with E-state index in [1.165, 1.54) is 24.3 Å². The van der Waals surface area contributed by atoms with Crippen LogP contribution in [0.4, 0.5) is 19.0 Å². The SMILES string of the molecule is C#Cc1c(F)ccc2cc(O)cc(-c3nc(C(=O)CNCCN(C)C)c4c(N5CC6CCC(C5)N6)nc(OC[C@@]56CCCN5C[C@H](F)C6)nc4c3F)c12. The fourth-order valence-electron chi connectivity index (χ4n) is 8.77. The zero-order valence-electron chi connectivity index (χ0n) is 29.9. The molecule has 2 unspecified atom stereocenters. The molecular weight excluding hydrogens is 685 g/mol. The number of Topliss-reactive ketones (excluding diaryl/α,β-unsaturated/α-hetero) is 1. The van der Waals surface area contributed by atoms with E-state index in [9.17, 15) is 14.3 Å². The summed E-state index contributed by atoms with van der Waals surface area (Å²) in [5.74, 6) is 0.421. The largest absolute Gasteiger partial charge is 0.508 e. The lowest BCUT2D eigenvalue weighted by molar-refractivity contribution is 0.0987. The molecular formula is C39H43F3N8O3. The second-order valence-electron chi connectivity index (χ2n) is 15.1. The van der Waals surface area contributed by atoms with E-state index in [-0.39, 0.29) is 75.8 Å². The number of phenols is 1. The summed E-state index contributed by atoms with van der Waals surface area (Å²) >= 11 is 0. The molecule has 4 saturated heterocycles. The Labute approximate surface area is 305 Å². The van der Waals surface area contributed by atoms with Crippen molar-refractivity contribution < 1.29 is 27.8 Å². The first kappa shape index (κ1) is 35.5. The van der Waals surface area contributed by atoms with Gasteiger partial charge in [-0.1, -0.05) is 12.0 Å². The monoisotopic (exact) mass is 728 g/mol. The maximum absolute atomic E-state index is 17.4. The minimum Gasteiger partial charge on any atom is -0.508 e. The van der Waals surface area contributed by atoms with Crippen LogP contribution in [0, 0.1) is 24.0 Å². The molecule has 6 heterocycles. The number of ether oxygens (including phenoxy) is 1. The predicted molar refractivity (Wildman–Crippen MR) is 196 cm³/mol. The van der Waals surface area contributed by atoms with Crippen LogP contribution in [-0.2, 0) is 0 Å². The number of piperazine rings is 1. The summed E-state index contributed by atoms with van der Waals surface area (Å²) in [7, 11) is 3.85. The molecule has 0 amide bonds. The van der Waals surface area contributed by atoms with E-state index in [4.69, 9.17) is 21.1 Å². The number of hydrogen-bond donors (Lipinski definition) is 3. The molecule has 0 spiro atoms. The van der Waals surface area contributed by atoms with Crippen LogP contribution in [0.1, 0.15) is 48.2 Å². The Kier molecular flexibility index (Phi) is 9.39. The summed E-state index contributed by atoms with van der Waals surface area (Å²) in [4.78, 5) is 34.6. The van der Waals surface area contributed by atoms with Crippen LogP contribution >= 0.6 is 0 Å². The standard InChI is InChI=1S/C39H43F3N8O3/c1-4-27-29(41)9-6-22-14-26(51)15-28(31(22)27)34-33(42)36-32(35(45-34)30(52)17-43-11-13-48(2)3)37(49-19-24-7-8-25(20-49)44-24)47-38(46-36)53-21-39-10-5-12-50(39)18-23(40)16-39/h1,6,9,14-15,23-25,43-44,51H,5,7-8,10-13,16-21H2,2-3H3/t23-,24?,25?,39+/m1/s1. The van der Waals surface area contributed by atoms with E-state index in [2.05, 4.69) is 26.4 Å². The Hall–Kier alpha value is -4.55. The molecule has 4 aromatic rings. The van der Waals surface area contributed by atoms with Gasteiger partial charge >= 0.3 is 6.01 Å². The Bertz CT molecular complexity index is 2130. The minimum absolute atomic E-state index is 0.00439. The molecule has 53 heavy (non-hydrogen) atoms. The van der Waals surface area contributed by atoms with Gasteiger partial charge in [-0.15, -0.1) is 6.42 Å². The molecule has 0 aliphatic carbocycles. The Morgan fingerprint density at radius 1 is 1.15 bits per heavy atom. The Balaban J connectivity index is 1.33. The number of likely N-dealkylation sites (N-methyl/N-ethyl adjacent to an activating group) is 1. The number of aromatic hydroxyl groups is 1. The molecule has 4 aliphatic heterocycles. The fourth-order valence-corrected chi connectivity index (χ4v) is 8.77. The number of carbonyl (C=O) groups excluding carboxylic acids is 1. The molecule has 8 rings (SSSR count). The van der Waals surface area contributed by atoms with Crippen LogP contribution in [0.15, 0.2) is 24.3 Å². The Morgan fingerprint density at radius 3 is 2.70 bits per heavy atom. The van der Waals surface area contributed by atoms with E-state index in [1.54, 1.807) is 0 Å². The number of fused-ring (bicyclic) bond motifs is 5. The number of hydrogen-bond acceptors (Lipinski definition) is 11. The highest BCUT2D eigenvalue weighted by atomic mass is 19.1. The number of nitrogens with one attached hydrogen (secondary N) is 2. The van der Waals surface area contributed by atoms with Gasteiger partial charge in [-0.3, -0.25) is 9.69 Å². The molecule has 0 radical (unpaired) electrons. The molecule has 278 valence electrons. The predicted octanol–water partition coefficient (Wildman–Crippen LogP) is 4.04. The van der Waals surface area contributed by atoms with Crippen molar-refractivity contribution in [3.63, 3.8) is 0 Å². The van der Waals surface area contributed by atoms with Gasteiger partial charge in [-0.2, -0.15) is 9.97 Å². The molecule has 14 heteroatoms. The lowest BCUT2D eigenvalue weighted by atomic mass is 9.95. The molecule has 11 nitrogen and oxygen atoms in total. The van der Waals surface area contributed by atoms with Crippen LogP contribution in [0.25, 0.3) is 32.9 Å². The van der Waals surface area contributed by atoms with Crippen LogP contribution in [0.3, 0.4) is 0 Å². The number of alkyl halides is 1. The first-order valence-electron chi connectivity index (χ1n) is 18.3. The molecule has 2 aromatic heterocycles. The highest BCUT2D eigenvalue weighted by molar-refractivity contribution is 6.12. The second kappa shape index (κ2) is 14.0. The van der Waals surface area contributed by atoms with Gasteiger partial charge in [0.05, 0.1) is 23.0 Å². The van der Waals surface area contributed by atoms with Gasteiger partial charge in [0, 0.05) is 62.2 Å². The number of carbonyl (C=O) groups is 1. The van der Waals surface area contributed by atoms with Gasteiger partial charge in [0.25, 0.3) is 0 Å². The maximum atomic E-state index is 17.4. The average molecular weight is 729 g/mol. The topological polar surface area (TPSA) is 119 Å². The van der Waals surface area contributed by atoms with E-state index >= 15 is 8.78 Å². The summed E-state index contributed by atoms with van der Waals surface area (Å²) < 4.78 is 53.6. The lowest BCUT2D eigenvalue weighted by Crippen LogP contribution is -2.51. The van der Waals surface area contributed by atoms with Gasteiger partial charge in [0.2, 0.25) is 0 Å². The average Bonchev–Trinajstić information content (AvgIpc) is 3.78. The number of phenolic OH excluding ortho intramolecular Hbond substituents is 1. The highest BCUT2D eigenvalue weighted by Crippen LogP contribution is 2.43. The van der Waals surface area contributed by atoms with Crippen LogP contribution in [0.5, 0.6) is 11.8 Å². The maximum Gasteiger partial charge on any atom is 0.319 e. The quantitative estimate of drug-likeness (QED) is 0.118. The van der Waals surface area contributed by atoms with Crippen molar-refractivity contribution in [1.82, 2.24) is 35.4 Å². The number of pyridine rings is 1. The second-order valence-corrected chi connectivity index (χ2v) is 15.1. The minimum atomic E-state index is -0.968. The molecule has 4 aliphatic rings. The molecule has 2 aromatic carbocycles. The molecule has 4 atom stereocenters. The van der Waals surface area contributed by atoms with Crippen molar-refractivity contribution in [2.45, 2.75) is 55.9 Å². The number of ketones is 1. The highest BCUT2D eigenvalue weighted by Gasteiger charge is 2.49. The summed E-state index contributed by atoms with van der Waals surface area (Å²) in [6.07, 6.45) is 8.74. The van der Waals surface area contributed by atoms with Gasteiger partial charge in [-0.25, -0.2) is 18.2 Å². The van der Waals surface area contributed by atoms with Gasteiger partial charge in [-0.05, 0) is 69.9 Å². The summed E-state index contributed by atoms with van der Waals surface area (Å²) in [6, 6.07) is 5.54. The zero-order valence-corrected chi connectivity index (χ0v) is 29.9. The zero-order chi connectivity index (χ0) is 37.0. The molecule has 0 saturated carbocycles. The van der Waals surface area contributed by atoms with E-state index < -0.39 is 29.1 Å². The third-order valence-corrected chi connectivity index (χ3v) is 11.2. The van der Waals surface area contributed by atoms with Gasteiger partial charge in [0.15, 0.2) is 11.6 Å². The number of terminal acetylenes is 1.